The highest BCUT2D eigenvalue weighted by Gasteiger charge is 2.20. The van der Waals surface area contributed by atoms with Gasteiger partial charge >= 0.3 is 0 Å². The molecule has 1 heterocycles. The van der Waals surface area contributed by atoms with Gasteiger partial charge in [0, 0.05) is 24.7 Å². The third kappa shape index (κ3) is 5.20. The average molecular weight is 380 g/mol. The number of fused-ring (bicyclic) bond motifs is 1. The van der Waals surface area contributed by atoms with Crippen LogP contribution in [0.4, 0.5) is 5.69 Å². The molecule has 2 atom stereocenters. The second-order valence-electron chi connectivity index (χ2n) is 7.86. The molecule has 0 fully saturated rings. The molecule has 2 aromatic carbocycles. The van der Waals surface area contributed by atoms with Crippen molar-refractivity contribution < 1.29 is 9.59 Å². The Balaban J connectivity index is 1.54. The molecule has 148 valence electrons. The highest BCUT2D eigenvalue weighted by atomic mass is 16.2. The summed E-state index contributed by atoms with van der Waals surface area (Å²) < 4.78 is 0. The molecule has 0 saturated heterocycles. The molecule has 0 saturated carbocycles. The number of hydrogen-bond acceptors (Lipinski definition) is 3. The van der Waals surface area contributed by atoms with Crippen LogP contribution in [0, 0.1) is 0 Å². The Morgan fingerprint density at radius 1 is 1.18 bits per heavy atom. The predicted octanol–water partition coefficient (Wildman–Crippen LogP) is 2.96. The molecule has 0 bridgehead atoms. The van der Waals surface area contributed by atoms with Gasteiger partial charge in [0.2, 0.25) is 11.8 Å². The van der Waals surface area contributed by atoms with Crippen LogP contribution in [0.1, 0.15) is 36.0 Å². The van der Waals surface area contributed by atoms with Crippen molar-refractivity contribution in [2.24, 2.45) is 0 Å². The van der Waals surface area contributed by atoms with Crippen LogP contribution in [0.15, 0.2) is 48.5 Å². The Labute approximate surface area is 167 Å². The average Bonchev–Trinajstić information content (AvgIpc) is 3.04. The third-order valence-electron chi connectivity index (χ3n) is 5.39. The maximum atomic E-state index is 12.4. The van der Waals surface area contributed by atoms with Crippen LogP contribution in [0.5, 0.6) is 0 Å². The lowest BCUT2D eigenvalue weighted by Gasteiger charge is -2.25. The molecular formula is C23H29N3O2. The number of likely N-dealkylation sites (N-methyl/N-ethyl adjacent to an activating group) is 1. The molecule has 2 N–H and O–H groups in total. The van der Waals surface area contributed by atoms with Gasteiger partial charge in [-0.15, -0.1) is 0 Å². The van der Waals surface area contributed by atoms with E-state index in [0.717, 1.165) is 17.7 Å². The van der Waals surface area contributed by atoms with Crippen molar-refractivity contribution in [1.29, 1.82) is 0 Å². The van der Waals surface area contributed by atoms with E-state index in [0.29, 0.717) is 19.4 Å². The van der Waals surface area contributed by atoms with Gasteiger partial charge in [0.25, 0.3) is 0 Å². The molecule has 0 aliphatic carbocycles. The maximum absolute atomic E-state index is 12.4. The summed E-state index contributed by atoms with van der Waals surface area (Å²) in [6.45, 7) is 2.68. The van der Waals surface area contributed by atoms with Gasteiger partial charge in [-0.25, -0.2) is 0 Å². The van der Waals surface area contributed by atoms with Crippen molar-refractivity contribution in [2.75, 3.05) is 26.0 Å². The largest absolute Gasteiger partial charge is 0.355 e. The first kappa shape index (κ1) is 20.1. The van der Waals surface area contributed by atoms with E-state index < -0.39 is 0 Å². The van der Waals surface area contributed by atoms with Crippen LogP contribution < -0.4 is 10.6 Å². The van der Waals surface area contributed by atoms with E-state index in [2.05, 4.69) is 46.7 Å². The monoisotopic (exact) mass is 379 g/mol. The summed E-state index contributed by atoms with van der Waals surface area (Å²) in [5.74, 6) is 0.323. The van der Waals surface area contributed by atoms with Gasteiger partial charge in [-0.05, 0) is 49.2 Å². The van der Waals surface area contributed by atoms with E-state index >= 15 is 0 Å². The summed E-state index contributed by atoms with van der Waals surface area (Å²) in [6.07, 6.45) is 1.75. The number of nitrogens with one attached hydrogen (secondary N) is 2. The third-order valence-corrected chi connectivity index (χ3v) is 5.39. The predicted molar refractivity (Wildman–Crippen MR) is 112 cm³/mol. The number of anilines is 1. The summed E-state index contributed by atoms with van der Waals surface area (Å²) in [6, 6.07) is 16.5. The summed E-state index contributed by atoms with van der Waals surface area (Å²) in [4.78, 5) is 26.1. The minimum absolute atomic E-state index is 0.0520. The molecule has 1 aliphatic rings. The smallest absolute Gasteiger partial charge is 0.228 e. The van der Waals surface area contributed by atoms with Crippen LogP contribution in [-0.4, -0.2) is 43.4 Å². The number of amides is 2. The van der Waals surface area contributed by atoms with Crippen molar-refractivity contribution in [3.05, 3.63) is 65.2 Å². The van der Waals surface area contributed by atoms with Crippen molar-refractivity contribution in [3.63, 3.8) is 0 Å². The zero-order valence-corrected chi connectivity index (χ0v) is 16.9. The molecule has 1 unspecified atom stereocenters. The van der Waals surface area contributed by atoms with Gasteiger partial charge in [-0.1, -0.05) is 49.4 Å². The van der Waals surface area contributed by atoms with Gasteiger partial charge in [-0.2, -0.15) is 0 Å². The minimum Gasteiger partial charge on any atom is -0.355 e. The molecule has 28 heavy (non-hydrogen) atoms. The first-order chi connectivity index (χ1) is 13.4. The van der Waals surface area contributed by atoms with E-state index in [-0.39, 0.29) is 23.8 Å². The van der Waals surface area contributed by atoms with E-state index in [9.17, 15) is 9.59 Å². The standard InChI is InChI=1S/C23H29N3O2/c1-16(18-7-5-4-6-8-18)11-22(27)24-15-20(26(2)3)13-17-9-10-21-19(12-17)14-23(28)25-21/h4-10,12,16,20H,11,13-15H2,1-3H3,(H,24,27)(H,25,28)/t16-,20?/m0/s1. The fraction of sp³-hybridized carbons (Fsp3) is 0.391. The van der Waals surface area contributed by atoms with Crippen molar-refractivity contribution in [3.8, 4) is 0 Å². The molecule has 5 nitrogen and oxygen atoms in total. The Hall–Kier alpha value is -2.66. The zero-order chi connectivity index (χ0) is 20.1. The van der Waals surface area contributed by atoms with E-state index in [1.54, 1.807) is 0 Å². The van der Waals surface area contributed by atoms with E-state index in [4.69, 9.17) is 0 Å². The highest BCUT2D eigenvalue weighted by Crippen LogP contribution is 2.24. The van der Waals surface area contributed by atoms with E-state index in [1.165, 1.54) is 11.1 Å². The second kappa shape index (κ2) is 9.02. The summed E-state index contributed by atoms with van der Waals surface area (Å²) in [5, 5.41) is 5.96. The Morgan fingerprint density at radius 2 is 1.93 bits per heavy atom. The lowest BCUT2D eigenvalue weighted by molar-refractivity contribution is -0.121. The quantitative estimate of drug-likeness (QED) is 0.741. The lowest BCUT2D eigenvalue weighted by atomic mass is 9.97. The topological polar surface area (TPSA) is 61.4 Å². The minimum atomic E-state index is 0.0520. The number of hydrogen-bond donors (Lipinski definition) is 2. The van der Waals surface area contributed by atoms with Crippen molar-refractivity contribution in [1.82, 2.24) is 10.2 Å². The fourth-order valence-electron chi connectivity index (χ4n) is 3.60. The maximum Gasteiger partial charge on any atom is 0.228 e. The molecule has 1 aliphatic heterocycles. The molecule has 0 spiro atoms. The van der Waals surface area contributed by atoms with Gasteiger partial charge in [0.05, 0.1) is 6.42 Å². The first-order valence-corrected chi connectivity index (χ1v) is 9.82. The lowest BCUT2D eigenvalue weighted by Crippen LogP contribution is -2.41. The van der Waals surface area contributed by atoms with Gasteiger partial charge in [0.1, 0.15) is 0 Å². The van der Waals surface area contributed by atoms with E-state index in [1.807, 2.05) is 38.4 Å². The Morgan fingerprint density at radius 3 is 2.64 bits per heavy atom. The summed E-state index contributed by atoms with van der Waals surface area (Å²) in [7, 11) is 4.06. The molecular weight excluding hydrogens is 350 g/mol. The fourth-order valence-corrected chi connectivity index (χ4v) is 3.60. The number of rotatable bonds is 8. The number of carbonyl (C=O) groups is 2. The SMILES string of the molecule is C[C@@H](CC(=O)NCC(Cc1ccc2c(c1)CC(=O)N2)N(C)C)c1ccccc1. The van der Waals surface area contributed by atoms with Gasteiger partial charge in [-0.3, -0.25) is 9.59 Å². The molecule has 3 rings (SSSR count). The number of benzene rings is 2. The number of carbonyl (C=O) groups excluding carboxylic acids is 2. The Bertz CT molecular complexity index is 833. The van der Waals surface area contributed by atoms with Crippen molar-refractivity contribution >= 4 is 17.5 Å². The van der Waals surface area contributed by atoms with Crippen LogP contribution in [0.2, 0.25) is 0 Å². The zero-order valence-electron chi connectivity index (χ0n) is 16.9. The molecule has 5 heteroatoms. The summed E-state index contributed by atoms with van der Waals surface area (Å²) >= 11 is 0. The first-order valence-electron chi connectivity index (χ1n) is 9.82. The van der Waals surface area contributed by atoms with Gasteiger partial charge < -0.3 is 15.5 Å². The molecule has 2 aromatic rings. The molecule has 0 aromatic heterocycles. The van der Waals surface area contributed by atoms with Crippen LogP contribution in [-0.2, 0) is 22.4 Å². The van der Waals surface area contributed by atoms with Crippen LogP contribution >= 0.6 is 0 Å². The molecule has 0 radical (unpaired) electrons. The summed E-state index contributed by atoms with van der Waals surface area (Å²) in [5.41, 5.74) is 4.34. The van der Waals surface area contributed by atoms with Gasteiger partial charge in [0.15, 0.2) is 0 Å². The van der Waals surface area contributed by atoms with Crippen LogP contribution in [0.25, 0.3) is 0 Å². The highest BCUT2D eigenvalue weighted by molar-refractivity contribution is 5.99. The molecule has 2 amide bonds. The number of nitrogens with zero attached hydrogens (tertiary/aromatic N) is 1. The second-order valence-corrected chi connectivity index (χ2v) is 7.86. The normalized spacial score (nSPS) is 15.1. The van der Waals surface area contributed by atoms with Crippen LogP contribution in [0.3, 0.4) is 0 Å². The van der Waals surface area contributed by atoms with Crippen molar-refractivity contribution in [2.45, 2.75) is 38.1 Å². The Kier molecular flexibility index (Phi) is 6.47.